The van der Waals surface area contributed by atoms with Crippen LogP contribution >= 0.6 is 0 Å². The molecule has 25 heavy (non-hydrogen) atoms. The molecular weight excluding hydrogens is 321 g/mol. The molecule has 1 atom stereocenters. The van der Waals surface area contributed by atoms with Crippen LogP contribution in [0.25, 0.3) is 0 Å². The second-order valence-electron chi connectivity index (χ2n) is 6.14. The van der Waals surface area contributed by atoms with Crippen molar-refractivity contribution in [3.63, 3.8) is 0 Å². The minimum Gasteiger partial charge on any atom is -0.497 e. The van der Waals surface area contributed by atoms with Crippen molar-refractivity contribution in [2.45, 2.75) is 25.5 Å². The van der Waals surface area contributed by atoms with E-state index in [0.29, 0.717) is 23.4 Å². The number of ether oxygens (including phenoxy) is 2. The molecule has 0 N–H and O–H groups in total. The molecule has 1 amide bonds. The van der Waals surface area contributed by atoms with Gasteiger partial charge in [0, 0.05) is 30.8 Å². The lowest BCUT2D eigenvalue weighted by atomic mass is 10.1. The smallest absolute Gasteiger partial charge is 0.254 e. The number of methoxy groups -OCH3 is 1. The first-order valence-corrected chi connectivity index (χ1v) is 8.45. The predicted octanol–water partition coefficient (Wildman–Crippen LogP) is 3.66. The van der Waals surface area contributed by atoms with E-state index in [4.69, 9.17) is 9.47 Å². The Morgan fingerprint density at radius 2 is 2.00 bits per heavy atom. The van der Waals surface area contributed by atoms with E-state index in [-0.39, 0.29) is 24.4 Å². The summed E-state index contributed by atoms with van der Waals surface area (Å²) in [5.74, 6) is 0.250. The van der Waals surface area contributed by atoms with Gasteiger partial charge < -0.3 is 14.4 Å². The van der Waals surface area contributed by atoms with E-state index in [9.17, 15) is 9.18 Å². The first-order valence-electron chi connectivity index (χ1n) is 8.45. The van der Waals surface area contributed by atoms with Crippen molar-refractivity contribution < 1.29 is 18.7 Å². The van der Waals surface area contributed by atoms with Gasteiger partial charge in [0.25, 0.3) is 5.91 Å². The molecule has 3 rings (SSSR count). The van der Waals surface area contributed by atoms with Crippen LogP contribution in [0.3, 0.4) is 0 Å². The van der Waals surface area contributed by atoms with Gasteiger partial charge in [-0.05, 0) is 43.2 Å². The normalized spacial score (nSPS) is 16.6. The van der Waals surface area contributed by atoms with Crippen molar-refractivity contribution in [3.05, 3.63) is 65.5 Å². The van der Waals surface area contributed by atoms with Gasteiger partial charge in [-0.15, -0.1) is 0 Å². The molecule has 2 aromatic carbocycles. The predicted molar refractivity (Wildman–Crippen MR) is 93.1 cm³/mol. The second-order valence-corrected chi connectivity index (χ2v) is 6.14. The molecule has 0 radical (unpaired) electrons. The highest BCUT2D eigenvalue weighted by Gasteiger charge is 2.24. The average molecular weight is 343 g/mol. The van der Waals surface area contributed by atoms with E-state index in [1.807, 2.05) is 0 Å². The van der Waals surface area contributed by atoms with Crippen LogP contribution in [-0.4, -0.2) is 37.2 Å². The zero-order chi connectivity index (χ0) is 17.6. The first-order chi connectivity index (χ1) is 12.2. The molecule has 2 aromatic rings. The van der Waals surface area contributed by atoms with Gasteiger partial charge in [0.15, 0.2) is 0 Å². The highest BCUT2D eigenvalue weighted by atomic mass is 19.1. The molecule has 1 aliphatic rings. The summed E-state index contributed by atoms with van der Waals surface area (Å²) in [7, 11) is 1.58. The summed E-state index contributed by atoms with van der Waals surface area (Å²) >= 11 is 0. The Hall–Kier alpha value is -2.40. The van der Waals surface area contributed by atoms with Gasteiger partial charge in [0.1, 0.15) is 11.6 Å². The van der Waals surface area contributed by atoms with Crippen LogP contribution in [0.2, 0.25) is 0 Å². The SMILES string of the molecule is COc1ccc(C(=O)N(Cc2ccccc2F)CC2CCCO2)cc1. The molecular formula is C20H22FNO3. The second kappa shape index (κ2) is 8.12. The number of carbonyl (C=O) groups excluding carboxylic acids is 1. The third kappa shape index (κ3) is 4.37. The van der Waals surface area contributed by atoms with Gasteiger partial charge in [-0.25, -0.2) is 4.39 Å². The van der Waals surface area contributed by atoms with Crippen molar-refractivity contribution in [1.29, 1.82) is 0 Å². The van der Waals surface area contributed by atoms with Crippen LogP contribution in [-0.2, 0) is 11.3 Å². The van der Waals surface area contributed by atoms with E-state index >= 15 is 0 Å². The van der Waals surface area contributed by atoms with Gasteiger partial charge in [-0.2, -0.15) is 0 Å². The molecule has 1 heterocycles. The van der Waals surface area contributed by atoms with Crippen molar-refractivity contribution in [3.8, 4) is 5.75 Å². The topological polar surface area (TPSA) is 38.8 Å². The van der Waals surface area contributed by atoms with Crippen molar-refractivity contribution >= 4 is 5.91 Å². The Morgan fingerprint density at radius 1 is 1.24 bits per heavy atom. The van der Waals surface area contributed by atoms with Gasteiger partial charge in [0.2, 0.25) is 0 Å². The van der Waals surface area contributed by atoms with Gasteiger partial charge >= 0.3 is 0 Å². The van der Waals surface area contributed by atoms with Crippen LogP contribution in [0.5, 0.6) is 5.75 Å². The van der Waals surface area contributed by atoms with E-state index in [1.54, 1.807) is 54.5 Å². The maximum Gasteiger partial charge on any atom is 0.254 e. The molecule has 1 aliphatic heterocycles. The van der Waals surface area contributed by atoms with E-state index < -0.39 is 0 Å². The van der Waals surface area contributed by atoms with Gasteiger partial charge in [0.05, 0.1) is 13.2 Å². The molecule has 1 saturated heterocycles. The van der Waals surface area contributed by atoms with Crippen LogP contribution < -0.4 is 4.74 Å². The number of hydrogen-bond acceptors (Lipinski definition) is 3. The fourth-order valence-electron chi connectivity index (χ4n) is 3.00. The molecule has 5 heteroatoms. The number of nitrogens with zero attached hydrogens (tertiary/aromatic N) is 1. The number of benzene rings is 2. The lowest BCUT2D eigenvalue weighted by Gasteiger charge is -2.26. The summed E-state index contributed by atoms with van der Waals surface area (Å²) < 4.78 is 24.8. The quantitative estimate of drug-likeness (QED) is 0.803. The van der Waals surface area contributed by atoms with Crippen molar-refractivity contribution in [2.75, 3.05) is 20.3 Å². The minimum atomic E-state index is -0.303. The van der Waals surface area contributed by atoms with E-state index in [1.165, 1.54) is 6.07 Å². The van der Waals surface area contributed by atoms with Crippen LogP contribution in [0.1, 0.15) is 28.8 Å². The zero-order valence-electron chi connectivity index (χ0n) is 14.3. The van der Waals surface area contributed by atoms with Crippen molar-refractivity contribution in [2.24, 2.45) is 0 Å². The average Bonchev–Trinajstić information content (AvgIpc) is 3.15. The summed E-state index contributed by atoms with van der Waals surface area (Å²) in [5.41, 5.74) is 1.05. The Kier molecular flexibility index (Phi) is 5.66. The monoisotopic (exact) mass is 343 g/mol. The minimum absolute atomic E-state index is 0.00831. The lowest BCUT2D eigenvalue weighted by molar-refractivity contribution is 0.0505. The third-order valence-electron chi connectivity index (χ3n) is 4.39. The molecule has 0 aliphatic carbocycles. The highest BCUT2D eigenvalue weighted by Crippen LogP contribution is 2.19. The summed E-state index contributed by atoms with van der Waals surface area (Å²) in [6.45, 7) is 1.39. The Labute approximate surface area is 147 Å². The number of carbonyl (C=O) groups is 1. The summed E-state index contributed by atoms with van der Waals surface area (Å²) in [6, 6.07) is 13.5. The van der Waals surface area contributed by atoms with Gasteiger partial charge in [-0.1, -0.05) is 18.2 Å². The standard InChI is InChI=1S/C20H22FNO3/c1-24-17-10-8-15(9-11-17)20(23)22(14-18-6-4-12-25-18)13-16-5-2-3-7-19(16)21/h2-3,5,7-11,18H,4,6,12-14H2,1H3. The van der Waals surface area contributed by atoms with Crippen LogP contribution in [0.15, 0.2) is 48.5 Å². The molecule has 0 aromatic heterocycles. The summed E-state index contributed by atoms with van der Waals surface area (Å²) in [4.78, 5) is 14.6. The molecule has 4 nitrogen and oxygen atoms in total. The molecule has 1 unspecified atom stereocenters. The largest absolute Gasteiger partial charge is 0.497 e. The molecule has 0 spiro atoms. The zero-order valence-corrected chi connectivity index (χ0v) is 14.3. The summed E-state index contributed by atoms with van der Waals surface area (Å²) in [5, 5.41) is 0. The number of amides is 1. The maximum atomic E-state index is 14.0. The molecule has 0 bridgehead atoms. The summed E-state index contributed by atoms with van der Waals surface area (Å²) in [6.07, 6.45) is 1.92. The lowest BCUT2D eigenvalue weighted by Crippen LogP contribution is -2.37. The Morgan fingerprint density at radius 3 is 2.64 bits per heavy atom. The molecule has 0 saturated carbocycles. The Bertz CT molecular complexity index is 711. The van der Waals surface area contributed by atoms with Gasteiger partial charge in [-0.3, -0.25) is 4.79 Å². The fourth-order valence-corrected chi connectivity index (χ4v) is 3.00. The Balaban J connectivity index is 1.81. The molecule has 132 valence electrons. The number of halogens is 1. The van der Waals surface area contributed by atoms with E-state index in [0.717, 1.165) is 19.4 Å². The number of rotatable bonds is 6. The van der Waals surface area contributed by atoms with Crippen molar-refractivity contribution in [1.82, 2.24) is 4.90 Å². The van der Waals surface area contributed by atoms with Crippen LogP contribution in [0.4, 0.5) is 4.39 Å². The van der Waals surface area contributed by atoms with Crippen LogP contribution in [0, 0.1) is 5.82 Å². The third-order valence-corrected chi connectivity index (χ3v) is 4.39. The molecule has 1 fully saturated rings. The fraction of sp³-hybridized carbons (Fsp3) is 0.350. The number of hydrogen-bond donors (Lipinski definition) is 0. The highest BCUT2D eigenvalue weighted by molar-refractivity contribution is 5.94. The first kappa shape index (κ1) is 17.4. The van der Waals surface area contributed by atoms with E-state index in [2.05, 4.69) is 0 Å². The maximum absolute atomic E-state index is 14.0.